The van der Waals surface area contributed by atoms with Crippen LogP contribution in [0.1, 0.15) is 59.0 Å². The fraction of sp³-hybridized carbons (Fsp3) is 0.0526. The van der Waals surface area contributed by atoms with Crippen LogP contribution < -0.4 is 5.32 Å². The van der Waals surface area contributed by atoms with Crippen LogP contribution in [0.2, 0.25) is 0 Å². The van der Waals surface area contributed by atoms with Crippen LogP contribution in [0.15, 0.2) is 43.0 Å². The second-order valence-electron chi connectivity index (χ2n) is 5.81. The Morgan fingerprint density at radius 2 is 1.29 bits per heavy atom. The zero-order valence-electron chi connectivity index (χ0n) is 12.5. The number of imide groups is 1. The van der Waals surface area contributed by atoms with Crippen molar-refractivity contribution in [3.8, 4) is 0 Å². The second kappa shape index (κ2) is 4.83. The highest BCUT2D eigenvalue weighted by molar-refractivity contribution is 6.24. The lowest BCUT2D eigenvalue weighted by atomic mass is 9.94. The Bertz CT molecular complexity index is 921. The lowest BCUT2D eigenvalue weighted by Gasteiger charge is -2.09. The van der Waals surface area contributed by atoms with Gasteiger partial charge >= 0.3 is 0 Å². The fourth-order valence-electron chi connectivity index (χ4n) is 3.06. The number of fused-ring (bicyclic) bond motifs is 2. The average Bonchev–Trinajstić information content (AvgIpc) is 3.02. The maximum atomic E-state index is 11.9. The van der Waals surface area contributed by atoms with E-state index >= 15 is 0 Å². The summed E-state index contributed by atoms with van der Waals surface area (Å²) in [7, 11) is 0. The molecular weight excluding hydrogens is 306 g/mol. The number of hydrogen-bond donors (Lipinski definition) is 1. The normalized spacial score (nSPS) is 15.3. The van der Waals surface area contributed by atoms with E-state index in [-0.39, 0.29) is 18.0 Å². The molecule has 0 atom stereocenters. The van der Waals surface area contributed by atoms with Gasteiger partial charge in [0.15, 0.2) is 11.6 Å². The molecule has 0 radical (unpaired) electrons. The number of Topliss-reactive ketones (excluding diaryl/α,β-unsaturated/α-hetero) is 2. The molecule has 0 saturated carbocycles. The molecule has 1 aliphatic carbocycles. The molecule has 0 bridgehead atoms. The number of ketones is 2. The third-order valence-corrected chi connectivity index (χ3v) is 4.37. The smallest absolute Gasteiger partial charge is 0.258 e. The van der Waals surface area contributed by atoms with E-state index in [1.165, 1.54) is 0 Å². The van der Waals surface area contributed by atoms with Gasteiger partial charge in [-0.3, -0.25) is 24.5 Å². The van der Waals surface area contributed by atoms with Crippen LogP contribution >= 0.6 is 0 Å². The van der Waals surface area contributed by atoms with Gasteiger partial charge in [-0.25, -0.2) is 0 Å². The van der Waals surface area contributed by atoms with Crippen molar-refractivity contribution in [2.24, 2.45) is 0 Å². The van der Waals surface area contributed by atoms with Crippen molar-refractivity contribution < 1.29 is 19.2 Å². The number of amides is 2. The van der Waals surface area contributed by atoms with Gasteiger partial charge in [-0.1, -0.05) is 24.8 Å². The summed E-state index contributed by atoms with van der Waals surface area (Å²) in [5.41, 5.74) is 3.48. The lowest BCUT2D eigenvalue weighted by molar-refractivity contribution is 0.0874. The molecule has 116 valence electrons. The molecule has 4 rings (SSSR count). The van der Waals surface area contributed by atoms with E-state index in [1.54, 1.807) is 36.4 Å². The first-order chi connectivity index (χ1) is 11.5. The zero-order valence-corrected chi connectivity index (χ0v) is 12.5. The van der Waals surface area contributed by atoms with Gasteiger partial charge in [0.05, 0.1) is 17.5 Å². The zero-order chi connectivity index (χ0) is 17.0. The summed E-state index contributed by atoms with van der Waals surface area (Å²) in [5, 5.41) is 2.24. The van der Waals surface area contributed by atoms with Crippen LogP contribution in [0.3, 0.4) is 0 Å². The molecule has 1 aliphatic heterocycles. The first kappa shape index (κ1) is 14.3. The number of benzene rings is 2. The molecule has 2 amide bonds. The number of rotatable bonds is 2. The summed E-state index contributed by atoms with van der Waals surface area (Å²) in [6, 6.07) is 9.92. The van der Waals surface area contributed by atoms with Crippen LogP contribution in [-0.4, -0.2) is 23.4 Å². The van der Waals surface area contributed by atoms with Crippen molar-refractivity contribution in [1.29, 1.82) is 0 Å². The van der Waals surface area contributed by atoms with Crippen molar-refractivity contribution in [3.05, 3.63) is 76.4 Å². The molecule has 0 aromatic heterocycles. The van der Waals surface area contributed by atoms with Crippen molar-refractivity contribution in [2.75, 3.05) is 0 Å². The topological polar surface area (TPSA) is 80.3 Å². The van der Waals surface area contributed by atoms with Crippen molar-refractivity contribution in [2.45, 2.75) is 6.42 Å². The third kappa shape index (κ3) is 1.95. The summed E-state index contributed by atoms with van der Waals surface area (Å²) in [5.74, 6) is -1.20. The summed E-state index contributed by atoms with van der Waals surface area (Å²) in [6.45, 7) is 4.02. The summed E-state index contributed by atoms with van der Waals surface area (Å²) < 4.78 is 0. The van der Waals surface area contributed by atoms with Gasteiger partial charge in [0.1, 0.15) is 0 Å². The molecule has 0 saturated heterocycles. The standard InChI is InChI=1S/C19H11NO4/c1-9(10-2-4-12-14(6-10)17(22)8-16(12)21)11-3-5-13-15(7-11)19(24)20-18(13)23/h2-7H,1,8H2,(H,20,23,24). The molecule has 1 N–H and O–H groups in total. The van der Waals surface area contributed by atoms with E-state index in [0.717, 1.165) is 0 Å². The van der Waals surface area contributed by atoms with Crippen LogP contribution in [0, 0.1) is 0 Å². The van der Waals surface area contributed by atoms with Gasteiger partial charge < -0.3 is 0 Å². The predicted molar refractivity (Wildman–Crippen MR) is 86.1 cm³/mol. The Kier molecular flexibility index (Phi) is 2.87. The largest absolute Gasteiger partial charge is 0.294 e. The maximum Gasteiger partial charge on any atom is 0.258 e. The minimum atomic E-state index is -0.431. The molecule has 0 unspecified atom stereocenters. The molecule has 0 spiro atoms. The highest BCUT2D eigenvalue weighted by atomic mass is 16.2. The Balaban J connectivity index is 1.76. The lowest BCUT2D eigenvalue weighted by Crippen LogP contribution is -2.19. The van der Waals surface area contributed by atoms with E-state index in [4.69, 9.17) is 0 Å². The monoisotopic (exact) mass is 317 g/mol. The van der Waals surface area contributed by atoms with Gasteiger partial charge in [0.25, 0.3) is 11.8 Å². The molecule has 0 fully saturated rings. The minimum absolute atomic E-state index is 0.0909. The van der Waals surface area contributed by atoms with Gasteiger partial charge in [0, 0.05) is 11.1 Å². The molecule has 5 nitrogen and oxygen atoms in total. The third-order valence-electron chi connectivity index (χ3n) is 4.37. The first-order valence-corrected chi connectivity index (χ1v) is 7.35. The maximum absolute atomic E-state index is 11.9. The van der Waals surface area contributed by atoms with E-state index in [1.807, 2.05) is 0 Å². The second-order valence-corrected chi connectivity index (χ2v) is 5.81. The van der Waals surface area contributed by atoms with Gasteiger partial charge in [-0.05, 0) is 34.9 Å². The SMILES string of the molecule is C=C(c1ccc2c(c1)C(=O)CC2=O)c1ccc2c(c1)C(=O)NC2=O. The average molecular weight is 317 g/mol. The minimum Gasteiger partial charge on any atom is -0.294 e. The van der Waals surface area contributed by atoms with Crippen LogP contribution in [0.25, 0.3) is 5.57 Å². The van der Waals surface area contributed by atoms with Crippen LogP contribution in [0.4, 0.5) is 0 Å². The van der Waals surface area contributed by atoms with E-state index in [2.05, 4.69) is 11.9 Å². The molecule has 2 aliphatic rings. The summed E-state index contributed by atoms with van der Waals surface area (Å²) >= 11 is 0. The predicted octanol–water partition coefficient (Wildman–Crippen LogP) is 2.40. The molecular formula is C19H11NO4. The number of carbonyl (C=O) groups is 4. The van der Waals surface area contributed by atoms with Gasteiger partial charge in [-0.2, -0.15) is 0 Å². The molecule has 24 heavy (non-hydrogen) atoms. The van der Waals surface area contributed by atoms with Crippen molar-refractivity contribution in [3.63, 3.8) is 0 Å². The van der Waals surface area contributed by atoms with E-state index in [9.17, 15) is 19.2 Å². The summed E-state index contributed by atoms with van der Waals surface area (Å²) in [6.07, 6.45) is -0.0909. The van der Waals surface area contributed by atoms with Crippen LogP contribution in [0.5, 0.6) is 0 Å². The Hall–Kier alpha value is -3.34. The number of nitrogens with one attached hydrogen (secondary N) is 1. The summed E-state index contributed by atoms with van der Waals surface area (Å²) in [4.78, 5) is 47.0. The fourth-order valence-corrected chi connectivity index (χ4v) is 3.06. The van der Waals surface area contributed by atoms with Crippen LogP contribution in [-0.2, 0) is 0 Å². The molecule has 1 heterocycles. The van der Waals surface area contributed by atoms with Gasteiger partial charge in [0.2, 0.25) is 0 Å². The molecule has 2 aromatic carbocycles. The van der Waals surface area contributed by atoms with E-state index < -0.39 is 11.8 Å². The highest BCUT2D eigenvalue weighted by Crippen LogP contribution is 2.30. The number of hydrogen-bond acceptors (Lipinski definition) is 4. The molecule has 2 aromatic rings. The Morgan fingerprint density at radius 3 is 2.00 bits per heavy atom. The van der Waals surface area contributed by atoms with Crippen molar-refractivity contribution in [1.82, 2.24) is 5.32 Å². The van der Waals surface area contributed by atoms with E-state index in [0.29, 0.717) is 39.0 Å². The quantitative estimate of drug-likeness (QED) is 0.681. The first-order valence-electron chi connectivity index (χ1n) is 7.35. The Labute approximate surface area is 137 Å². The number of carbonyl (C=O) groups excluding carboxylic acids is 4. The molecule has 5 heteroatoms. The van der Waals surface area contributed by atoms with Gasteiger partial charge in [-0.15, -0.1) is 0 Å². The Morgan fingerprint density at radius 1 is 0.750 bits per heavy atom. The van der Waals surface area contributed by atoms with Crippen molar-refractivity contribution >= 4 is 29.0 Å². The highest BCUT2D eigenvalue weighted by Gasteiger charge is 2.29.